The van der Waals surface area contributed by atoms with E-state index in [1.165, 1.54) is 42.5 Å². The molecule has 100 valence electrons. The summed E-state index contributed by atoms with van der Waals surface area (Å²) in [5, 5.41) is 3.61. The second-order valence-corrected chi connectivity index (χ2v) is 5.85. The molecule has 2 rings (SSSR count). The SMILES string of the molecule is Cc1ccc(C(CC2CCCN2)N(C)C)cc1C. The molecule has 2 nitrogen and oxygen atoms in total. The summed E-state index contributed by atoms with van der Waals surface area (Å²) in [6.07, 6.45) is 3.88. The number of hydrogen-bond acceptors (Lipinski definition) is 2. The lowest BCUT2D eigenvalue weighted by Gasteiger charge is -2.28. The molecule has 0 bridgehead atoms. The van der Waals surface area contributed by atoms with Gasteiger partial charge < -0.3 is 10.2 Å². The summed E-state index contributed by atoms with van der Waals surface area (Å²) in [4.78, 5) is 2.35. The van der Waals surface area contributed by atoms with Crippen LogP contribution in [0.3, 0.4) is 0 Å². The highest BCUT2D eigenvalue weighted by atomic mass is 15.1. The molecule has 0 saturated carbocycles. The molecule has 1 saturated heterocycles. The second kappa shape index (κ2) is 5.85. The van der Waals surface area contributed by atoms with E-state index in [0.29, 0.717) is 12.1 Å². The maximum Gasteiger partial charge on any atom is 0.0356 e. The topological polar surface area (TPSA) is 15.3 Å². The average molecular weight is 246 g/mol. The van der Waals surface area contributed by atoms with Crippen LogP contribution in [0.2, 0.25) is 0 Å². The molecule has 2 heteroatoms. The molecule has 1 aliphatic heterocycles. The first kappa shape index (κ1) is 13.6. The van der Waals surface area contributed by atoms with Crippen molar-refractivity contribution in [3.05, 3.63) is 34.9 Å². The van der Waals surface area contributed by atoms with Gasteiger partial charge in [0, 0.05) is 12.1 Å². The monoisotopic (exact) mass is 246 g/mol. The molecule has 2 atom stereocenters. The standard InChI is InChI=1S/C16H26N2/c1-12-7-8-14(10-13(12)2)16(18(3)4)11-15-6-5-9-17-15/h7-8,10,15-17H,5-6,9,11H2,1-4H3. The van der Waals surface area contributed by atoms with Crippen LogP contribution in [0.1, 0.15) is 42.0 Å². The Morgan fingerprint density at radius 1 is 1.28 bits per heavy atom. The van der Waals surface area contributed by atoms with Crippen LogP contribution in [0.15, 0.2) is 18.2 Å². The van der Waals surface area contributed by atoms with Gasteiger partial charge >= 0.3 is 0 Å². The highest BCUT2D eigenvalue weighted by Crippen LogP contribution is 2.27. The minimum Gasteiger partial charge on any atom is -0.314 e. The van der Waals surface area contributed by atoms with E-state index in [1.807, 2.05) is 0 Å². The van der Waals surface area contributed by atoms with Crippen molar-refractivity contribution in [2.75, 3.05) is 20.6 Å². The van der Waals surface area contributed by atoms with E-state index in [2.05, 4.69) is 56.4 Å². The van der Waals surface area contributed by atoms with Gasteiger partial charge in [-0.25, -0.2) is 0 Å². The van der Waals surface area contributed by atoms with Crippen LogP contribution in [0.25, 0.3) is 0 Å². The van der Waals surface area contributed by atoms with Crippen molar-refractivity contribution < 1.29 is 0 Å². The molecule has 0 spiro atoms. The maximum atomic E-state index is 3.61. The van der Waals surface area contributed by atoms with Gasteiger partial charge in [-0.05, 0) is 70.4 Å². The van der Waals surface area contributed by atoms with Crippen molar-refractivity contribution in [3.8, 4) is 0 Å². The van der Waals surface area contributed by atoms with Gasteiger partial charge in [-0.1, -0.05) is 18.2 Å². The van der Waals surface area contributed by atoms with Gasteiger partial charge in [0.25, 0.3) is 0 Å². The average Bonchev–Trinajstić information content (AvgIpc) is 2.82. The normalized spacial score (nSPS) is 21.5. The lowest BCUT2D eigenvalue weighted by Crippen LogP contribution is -2.29. The highest BCUT2D eigenvalue weighted by molar-refractivity contribution is 5.31. The van der Waals surface area contributed by atoms with Gasteiger partial charge in [-0.2, -0.15) is 0 Å². The van der Waals surface area contributed by atoms with E-state index in [9.17, 15) is 0 Å². The van der Waals surface area contributed by atoms with Gasteiger partial charge in [0.2, 0.25) is 0 Å². The lowest BCUT2D eigenvalue weighted by atomic mass is 9.95. The highest BCUT2D eigenvalue weighted by Gasteiger charge is 2.22. The lowest BCUT2D eigenvalue weighted by molar-refractivity contribution is 0.262. The van der Waals surface area contributed by atoms with Crippen molar-refractivity contribution in [2.45, 2.75) is 45.2 Å². The number of aryl methyl sites for hydroxylation is 2. The molecule has 1 aliphatic rings. The van der Waals surface area contributed by atoms with Crippen molar-refractivity contribution in [1.82, 2.24) is 10.2 Å². The van der Waals surface area contributed by atoms with Crippen LogP contribution in [0.4, 0.5) is 0 Å². The molecule has 0 aliphatic carbocycles. The van der Waals surface area contributed by atoms with Crippen molar-refractivity contribution in [2.24, 2.45) is 0 Å². The molecule has 1 aromatic rings. The van der Waals surface area contributed by atoms with E-state index in [4.69, 9.17) is 0 Å². The predicted molar refractivity (Wildman–Crippen MR) is 78.0 cm³/mol. The summed E-state index contributed by atoms with van der Waals surface area (Å²) < 4.78 is 0. The Labute approximate surface area is 111 Å². The zero-order valence-electron chi connectivity index (χ0n) is 12.2. The van der Waals surface area contributed by atoms with Crippen LogP contribution in [0, 0.1) is 13.8 Å². The first-order valence-corrected chi connectivity index (χ1v) is 7.05. The predicted octanol–water partition coefficient (Wildman–Crippen LogP) is 3.05. The summed E-state index contributed by atoms with van der Waals surface area (Å²) >= 11 is 0. The molecule has 0 amide bonds. The summed E-state index contributed by atoms with van der Waals surface area (Å²) in [5.74, 6) is 0. The third-order valence-corrected chi connectivity index (χ3v) is 4.21. The van der Waals surface area contributed by atoms with E-state index >= 15 is 0 Å². The Morgan fingerprint density at radius 2 is 2.06 bits per heavy atom. The second-order valence-electron chi connectivity index (χ2n) is 5.85. The van der Waals surface area contributed by atoms with Crippen LogP contribution >= 0.6 is 0 Å². The number of rotatable bonds is 4. The summed E-state index contributed by atoms with van der Waals surface area (Å²) in [6, 6.07) is 8.12. The Hall–Kier alpha value is -0.860. The van der Waals surface area contributed by atoms with Crippen molar-refractivity contribution in [3.63, 3.8) is 0 Å². The van der Waals surface area contributed by atoms with Crippen LogP contribution in [-0.4, -0.2) is 31.6 Å². The minimum absolute atomic E-state index is 0.528. The fraction of sp³-hybridized carbons (Fsp3) is 0.625. The summed E-state index contributed by atoms with van der Waals surface area (Å²) in [5.41, 5.74) is 4.24. The van der Waals surface area contributed by atoms with E-state index < -0.39 is 0 Å². The van der Waals surface area contributed by atoms with E-state index in [1.54, 1.807) is 0 Å². The van der Waals surface area contributed by atoms with Crippen LogP contribution in [0.5, 0.6) is 0 Å². The Bertz CT molecular complexity index is 392. The maximum absolute atomic E-state index is 3.61. The fourth-order valence-electron chi connectivity index (χ4n) is 2.84. The molecule has 1 fully saturated rings. The Balaban J connectivity index is 2.15. The van der Waals surface area contributed by atoms with E-state index in [-0.39, 0.29) is 0 Å². The first-order valence-electron chi connectivity index (χ1n) is 7.05. The number of nitrogens with zero attached hydrogens (tertiary/aromatic N) is 1. The summed E-state index contributed by atoms with van der Waals surface area (Å²) in [7, 11) is 4.38. The first-order chi connectivity index (χ1) is 8.58. The largest absolute Gasteiger partial charge is 0.314 e. The molecule has 1 N–H and O–H groups in total. The van der Waals surface area contributed by atoms with E-state index in [0.717, 1.165) is 0 Å². The number of nitrogens with one attached hydrogen (secondary N) is 1. The molecule has 1 aromatic carbocycles. The molecule has 2 unspecified atom stereocenters. The third kappa shape index (κ3) is 3.12. The number of benzene rings is 1. The smallest absolute Gasteiger partial charge is 0.0356 e. The van der Waals surface area contributed by atoms with Gasteiger partial charge in [-0.3, -0.25) is 0 Å². The van der Waals surface area contributed by atoms with Crippen LogP contribution in [-0.2, 0) is 0 Å². The van der Waals surface area contributed by atoms with Gasteiger partial charge in [0.15, 0.2) is 0 Å². The fourth-order valence-corrected chi connectivity index (χ4v) is 2.84. The molecular weight excluding hydrogens is 220 g/mol. The number of hydrogen-bond donors (Lipinski definition) is 1. The third-order valence-electron chi connectivity index (χ3n) is 4.21. The van der Waals surface area contributed by atoms with Crippen LogP contribution < -0.4 is 5.32 Å². The molecule has 18 heavy (non-hydrogen) atoms. The van der Waals surface area contributed by atoms with Crippen molar-refractivity contribution >= 4 is 0 Å². The zero-order chi connectivity index (χ0) is 13.1. The Morgan fingerprint density at radius 3 is 2.61 bits per heavy atom. The quantitative estimate of drug-likeness (QED) is 0.878. The summed E-state index contributed by atoms with van der Waals surface area (Å²) in [6.45, 7) is 5.58. The molecular formula is C16H26N2. The molecule has 0 aromatic heterocycles. The van der Waals surface area contributed by atoms with Crippen molar-refractivity contribution in [1.29, 1.82) is 0 Å². The Kier molecular flexibility index (Phi) is 4.41. The minimum atomic E-state index is 0.528. The van der Waals surface area contributed by atoms with Gasteiger partial charge in [0.1, 0.15) is 0 Å². The molecule has 1 heterocycles. The zero-order valence-corrected chi connectivity index (χ0v) is 12.2. The molecule has 0 radical (unpaired) electrons. The van der Waals surface area contributed by atoms with Gasteiger partial charge in [-0.15, -0.1) is 0 Å². The van der Waals surface area contributed by atoms with Gasteiger partial charge in [0.05, 0.1) is 0 Å².